The predicted octanol–water partition coefficient (Wildman–Crippen LogP) is 1.48. The van der Waals surface area contributed by atoms with Crippen LogP contribution in [0.15, 0.2) is 0 Å². The zero-order valence-electron chi connectivity index (χ0n) is 7.72. The Bertz CT molecular complexity index is 227. The van der Waals surface area contributed by atoms with Crippen LogP contribution in [0.3, 0.4) is 0 Å². The molecular formula is C8H11F4NO2. The van der Waals surface area contributed by atoms with Crippen molar-refractivity contribution in [3.8, 4) is 0 Å². The lowest BCUT2D eigenvalue weighted by Gasteiger charge is -2.44. The third kappa shape index (κ3) is 3.65. The first kappa shape index (κ1) is 12.2. The van der Waals surface area contributed by atoms with E-state index in [0.29, 0.717) is 12.1 Å². The lowest BCUT2D eigenvalue weighted by atomic mass is 9.82. The van der Waals surface area contributed by atoms with Gasteiger partial charge in [-0.2, -0.15) is 13.2 Å². The van der Waals surface area contributed by atoms with E-state index in [-0.39, 0.29) is 0 Å². The molecule has 1 saturated carbocycles. The molecule has 0 aromatic carbocycles. The second kappa shape index (κ2) is 4.34. The summed E-state index contributed by atoms with van der Waals surface area (Å²) in [6, 6.07) is 1.06. The maximum Gasteiger partial charge on any atom is 0.490 e. The van der Waals surface area contributed by atoms with Crippen molar-refractivity contribution in [2.75, 3.05) is 0 Å². The van der Waals surface area contributed by atoms with Crippen LogP contribution in [0.4, 0.5) is 17.6 Å². The van der Waals surface area contributed by atoms with E-state index in [4.69, 9.17) is 9.90 Å². The summed E-state index contributed by atoms with van der Waals surface area (Å²) in [4.78, 5) is 8.90. The Morgan fingerprint density at radius 1 is 1.20 bits per heavy atom. The highest BCUT2D eigenvalue weighted by atomic mass is 19.4. The van der Waals surface area contributed by atoms with Crippen LogP contribution in [0.5, 0.6) is 0 Å². The van der Waals surface area contributed by atoms with Crippen molar-refractivity contribution >= 4 is 5.97 Å². The van der Waals surface area contributed by atoms with Crippen LogP contribution in [-0.2, 0) is 4.79 Å². The summed E-state index contributed by atoms with van der Waals surface area (Å²) in [5, 5.41) is 10.4. The Morgan fingerprint density at radius 2 is 1.53 bits per heavy atom. The molecule has 2 saturated heterocycles. The molecule has 3 aliphatic rings. The molecule has 2 bridgehead atoms. The zero-order valence-corrected chi connectivity index (χ0v) is 7.72. The molecule has 3 atom stereocenters. The third-order valence-corrected chi connectivity index (χ3v) is 2.36. The topological polar surface area (TPSA) is 49.3 Å². The van der Waals surface area contributed by atoms with Crippen LogP contribution in [-0.4, -0.2) is 35.5 Å². The highest BCUT2D eigenvalue weighted by Gasteiger charge is 2.38. The van der Waals surface area contributed by atoms with Crippen LogP contribution in [0.25, 0.3) is 0 Å². The number of piperidine rings is 1. The SMILES string of the molecule is FC1C[C@@H]2C[C@H](C1)N2.O=C(O)C(F)(F)F. The van der Waals surface area contributed by atoms with E-state index >= 15 is 0 Å². The van der Waals surface area contributed by atoms with Gasteiger partial charge in [-0.3, -0.25) is 0 Å². The van der Waals surface area contributed by atoms with Crippen molar-refractivity contribution < 1.29 is 27.5 Å². The van der Waals surface area contributed by atoms with E-state index in [9.17, 15) is 17.6 Å². The fourth-order valence-corrected chi connectivity index (χ4v) is 1.69. The molecule has 2 N–H and O–H groups in total. The largest absolute Gasteiger partial charge is 0.490 e. The van der Waals surface area contributed by atoms with Gasteiger partial charge in [0, 0.05) is 12.1 Å². The average molecular weight is 229 g/mol. The van der Waals surface area contributed by atoms with Gasteiger partial charge in [0.1, 0.15) is 6.17 Å². The summed E-state index contributed by atoms with van der Waals surface area (Å²) in [5.41, 5.74) is 0. The molecule has 3 fully saturated rings. The van der Waals surface area contributed by atoms with Crippen molar-refractivity contribution in [3.05, 3.63) is 0 Å². The number of fused-ring (bicyclic) bond motifs is 2. The fourth-order valence-electron chi connectivity index (χ4n) is 1.69. The van der Waals surface area contributed by atoms with E-state index in [1.54, 1.807) is 0 Å². The number of carbonyl (C=O) groups is 1. The molecule has 0 spiro atoms. The van der Waals surface area contributed by atoms with Gasteiger partial charge < -0.3 is 10.4 Å². The molecule has 3 nitrogen and oxygen atoms in total. The minimum absolute atomic E-state index is 0.500. The summed E-state index contributed by atoms with van der Waals surface area (Å²) in [6.07, 6.45) is -2.84. The van der Waals surface area contributed by atoms with Gasteiger partial charge in [0.05, 0.1) is 0 Å². The fraction of sp³-hybridized carbons (Fsp3) is 0.875. The number of nitrogens with one attached hydrogen (secondary N) is 1. The van der Waals surface area contributed by atoms with Crippen LogP contribution in [0, 0.1) is 0 Å². The minimum Gasteiger partial charge on any atom is -0.475 e. The Balaban J connectivity index is 0.000000153. The predicted molar refractivity (Wildman–Crippen MR) is 43.1 cm³/mol. The molecule has 0 aromatic rings. The molecule has 2 aliphatic heterocycles. The summed E-state index contributed by atoms with van der Waals surface area (Å²) >= 11 is 0. The van der Waals surface area contributed by atoms with Gasteiger partial charge in [0.25, 0.3) is 0 Å². The van der Waals surface area contributed by atoms with E-state index in [2.05, 4.69) is 5.32 Å². The molecule has 0 aromatic heterocycles. The number of aliphatic carboxylic acids is 1. The van der Waals surface area contributed by atoms with Crippen LogP contribution >= 0.6 is 0 Å². The Kier molecular flexibility index (Phi) is 3.54. The van der Waals surface area contributed by atoms with Gasteiger partial charge in [0.2, 0.25) is 0 Å². The van der Waals surface area contributed by atoms with E-state index < -0.39 is 18.3 Å². The zero-order chi connectivity index (χ0) is 11.6. The first-order valence-electron chi connectivity index (χ1n) is 4.49. The van der Waals surface area contributed by atoms with Crippen LogP contribution < -0.4 is 5.32 Å². The Morgan fingerprint density at radius 3 is 1.67 bits per heavy atom. The van der Waals surface area contributed by atoms with Gasteiger partial charge in [-0.1, -0.05) is 0 Å². The Labute approximate surface area is 83.5 Å². The Hall–Kier alpha value is -0.850. The lowest BCUT2D eigenvalue weighted by molar-refractivity contribution is -0.192. The maximum absolute atomic E-state index is 12.4. The number of halogens is 4. The third-order valence-electron chi connectivity index (χ3n) is 2.36. The molecule has 3 rings (SSSR count). The van der Waals surface area contributed by atoms with E-state index in [1.807, 2.05) is 0 Å². The summed E-state index contributed by atoms with van der Waals surface area (Å²) < 4.78 is 44.2. The summed E-state index contributed by atoms with van der Waals surface area (Å²) in [6.45, 7) is 0. The maximum atomic E-state index is 12.4. The molecule has 2 heterocycles. The normalized spacial score (nSPS) is 33.5. The van der Waals surface area contributed by atoms with Crippen molar-refractivity contribution in [3.63, 3.8) is 0 Å². The molecule has 1 aliphatic carbocycles. The number of rotatable bonds is 0. The van der Waals surface area contributed by atoms with E-state index in [1.165, 1.54) is 6.42 Å². The molecule has 7 heteroatoms. The second-order valence-electron chi connectivity index (χ2n) is 3.67. The quantitative estimate of drug-likeness (QED) is 0.618. The minimum atomic E-state index is -5.08. The van der Waals surface area contributed by atoms with Crippen LogP contribution in [0.1, 0.15) is 19.3 Å². The van der Waals surface area contributed by atoms with Gasteiger partial charge >= 0.3 is 12.1 Å². The van der Waals surface area contributed by atoms with Crippen molar-refractivity contribution in [2.24, 2.45) is 0 Å². The van der Waals surface area contributed by atoms with E-state index in [0.717, 1.165) is 12.8 Å². The van der Waals surface area contributed by atoms with Crippen molar-refractivity contribution in [2.45, 2.75) is 43.7 Å². The highest BCUT2D eigenvalue weighted by Crippen LogP contribution is 2.29. The molecule has 88 valence electrons. The number of hydrogen-bond donors (Lipinski definition) is 2. The molecule has 1 unspecified atom stereocenters. The lowest BCUT2D eigenvalue weighted by Crippen LogP contribution is -2.58. The second-order valence-corrected chi connectivity index (χ2v) is 3.67. The first-order valence-corrected chi connectivity index (χ1v) is 4.49. The van der Waals surface area contributed by atoms with Gasteiger partial charge in [-0.05, 0) is 19.3 Å². The monoisotopic (exact) mass is 229 g/mol. The van der Waals surface area contributed by atoms with Gasteiger partial charge in [-0.25, -0.2) is 9.18 Å². The average Bonchev–Trinajstić information content (AvgIpc) is 2.00. The number of hydrogen-bond acceptors (Lipinski definition) is 2. The molecular weight excluding hydrogens is 218 g/mol. The van der Waals surface area contributed by atoms with Crippen molar-refractivity contribution in [1.82, 2.24) is 5.32 Å². The molecule has 0 amide bonds. The number of carboxylic acid groups (broad SMARTS) is 1. The smallest absolute Gasteiger partial charge is 0.475 e. The molecule has 0 radical (unpaired) electrons. The number of alkyl halides is 4. The highest BCUT2D eigenvalue weighted by molar-refractivity contribution is 5.73. The van der Waals surface area contributed by atoms with Gasteiger partial charge in [-0.15, -0.1) is 0 Å². The standard InChI is InChI=1S/C6H10FN.C2HF3O2/c7-4-1-5-3-6(2-4)8-5;3-2(4,5)1(6)7/h4-6,8H,1-3H2;(H,6,7)/t4?,5-,6+;. The first-order chi connectivity index (χ1) is 6.79. The van der Waals surface area contributed by atoms with Crippen molar-refractivity contribution in [1.29, 1.82) is 0 Å². The van der Waals surface area contributed by atoms with Gasteiger partial charge in [0.15, 0.2) is 0 Å². The molecule has 15 heavy (non-hydrogen) atoms. The summed E-state index contributed by atoms with van der Waals surface area (Å²) in [5.74, 6) is -2.76. The number of carboxylic acids is 1. The summed E-state index contributed by atoms with van der Waals surface area (Å²) in [7, 11) is 0. The van der Waals surface area contributed by atoms with Crippen LogP contribution in [0.2, 0.25) is 0 Å².